The molecule has 1 heterocycles. The molecule has 0 unspecified atom stereocenters. The maximum absolute atomic E-state index is 13.5. The fraction of sp³-hybridized carbons (Fsp3) is 0.238. The Morgan fingerprint density at radius 2 is 2.00 bits per heavy atom. The second kappa shape index (κ2) is 7.62. The number of halogens is 1. The summed E-state index contributed by atoms with van der Waals surface area (Å²) in [6.07, 6.45) is 1.81. The molecule has 3 aromatic rings. The normalized spacial score (nSPS) is 12.2. The zero-order chi connectivity index (χ0) is 18.7. The molecule has 2 aromatic carbocycles. The Bertz CT molecular complexity index is 933. The van der Waals surface area contributed by atoms with Crippen molar-refractivity contribution in [1.29, 1.82) is 0 Å². The van der Waals surface area contributed by atoms with Crippen LogP contribution in [0.4, 0.5) is 4.39 Å². The Kier molecular flexibility index (Phi) is 5.28. The van der Waals surface area contributed by atoms with Gasteiger partial charge in [0.2, 0.25) is 0 Å². The zero-order valence-electron chi connectivity index (χ0n) is 15.2. The van der Waals surface area contributed by atoms with E-state index in [4.69, 9.17) is 0 Å². The van der Waals surface area contributed by atoms with E-state index in [0.29, 0.717) is 17.8 Å². The van der Waals surface area contributed by atoms with E-state index in [2.05, 4.69) is 17.3 Å². The van der Waals surface area contributed by atoms with Gasteiger partial charge in [-0.2, -0.15) is 5.10 Å². The number of rotatable bonds is 6. The van der Waals surface area contributed by atoms with E-state index < -0.39 is 0 Å². The highest BCUT2D eigenvalue weighted by molar-refractivity contribution is 5.94. The van der Waals surface area contributed by atoms with Gasteiger partial charge in [0.05, 0.1) is 11.9 Å². The van der Waals surface area contributed by atoms with Crippen LogP contribution in [0.3, 0.4) is 0 Å². The highest BCUT2D eigenvalue weighted by atomic mass is 19.1. The van der Waals surface area contributed by atoms with Crippen LogP contribution in [0.15, 0.2) is 54.7 Å². The van der Waals surface area contributed by atoms with Gasteiger partial charge in [0.1, 0.15) is 5.82 Å². The van der Waals surface area contributed by atoms with E-state index in [1.165, 1.54) is 12.1 Å². The summed E-state index contributed by atoms with van der Waals surface area (Å²) < 4.78 is 15.2. The third-order valence-electron chi connectivity index (χ3n) is 4.51. The van der Waals surface area contributed by atoms with Crippen LogP contribution in [0, 0.1) is 12.7 Å². The number of ketones is 1. The van der Waals surface area contributed by atoms with Crippen LogP contribution in [0.2, 0.25) is 0 Å². The van der Waals surface area contributed by atoms with Crippen LogP contribution in [0.25, 0.3) is 5.69 Å². The largest absolute Gasteiger partial charge is 0.306 e. The molecule has 134 valence electrons. The first kappa shape index (κ1) is 18.0. The smallest absolute Gasteiger partial charge is 0.159 e. The van der Waals surface area contributed by atoms with E-state index in [1.54, 1.807) is 17.7 Å². The van der Waals surface area contributed by atoms with Crippen molar-refractivity contribution in [3.63, 3.8) is 0 Å². The molecule has 1 atom stereocenters. The SMILES string of the molecule is CC(=O)c1cccc(CN[C@H](C)c2cnn(-c3cccc(F)c3)c2C)c1. The molecular weight excluding hydrogens is 329 g/mol. The van der Waals surface area contributed by atoms with Crippen LogP contribution in [-0.2, 0) is 6.54 Å². The van der Waals surface area contributed by atoms with E-state index in [1.807, 2.05) is 43.5 Å². The molecular formula is C21H22FN3O. The topological polar surface area (TPSA) is 46.9 Å². The van der Waals surface area contributed by atoms with Gasteiger partial charge in [-0.15, -0.1) is 0 Å². The van der Waals surface area contributed by atoms with Crippen LogP contribution < -0.4 is 5.32 Å². The first-order chi connectivity index (χ1) is 12.5. The van der Waals surface area contributed by atoms with Crippen molar-refractivity contribution in [1.82, 2.24) is 15.1 Å². The van der Waals surface area contributed by atoms with Crippen molar-refractivity contribution in [3.05, 3.63) is 82.9 Å². The van der Waals surface area contributed by atoms with Gasteiger partial charge in [-0.1, -0.05) is 24.3 Å². The lowest BCUT2D eigenvalue weighted by Gasteiger charge is -2.14. The van der Waals surface area contributed by atoms with Crippen molar-refractivity contribution in [3.8, 4) is 5.69 Å². The van der Waals surface area contributed by atoms with Crippen molar-refractivity contribution in [2.45, 2.75) is 33.4 Å². The maximum atomic E-state index is 13.5. The number of aromatic nitrogens is 2. The number of carbonyl (C=O) groups excluding carboxylic acids is 1. The minimum Gasteiger partial charge on any atom is -0.306 e. The van der Waals surface area contributed by atoms with Gasteiger partial charge in [0.15, 0.2) is 5.78 Å². The number of carbonyl (C=O) groups is 1. The summed E-state index contributed by atoms with van der Waals surface area (Å²) >= 11 is 0. The second-order valence-corrected chi connectivity index (χ2v) is 6.44. The predicted octanol–water partition coefficient (Wildman–Crippen LogP) is 4.37. The zero-order valence-corrected chi connectivity index (χ0v) is 15.2. The third kappa shape index (κ3) is 3.89. The fourth-order valence-corrected chi connectivity index (χ4v) is 3.00. The van der Waals surface area contributed by atoms with Crippen LogP contribution in [0.5, 0.6) is 0 Å². The Labute approximate surface area is 152 Å². The predicted molar refractivity (Wildman–Crippen MR) is 100.0 cm³/mol. The summed E-state index contributed by atoms with van der Waals surface area (Å²) in [4.78, 5) is 11.5. The lowest BCUT2D eigenvalue weighted by Crippen LogP contribution is -2.19. The summed E-state index contributed by atoms with van der Waals surface area (Å²) in [6, 6.07) is 14.1. The van der Waals surface area contributed by atoms with Crippen LogP contribution in [0.1, 0.15) is 47.1 Å². The molecule has 5 heteroatoms. The molecule has 0 aliphatic heterocycles. The number of hydrogen-bond acceptors (Lipinski definition) is 3. The number of hydrogen-bond donors (Lipinski definition) is 1. The maximum Gasteiger partial charge on any atom is 0.159 e. The lowest BCUT2D eigenvalue weighted by molar-refractivity contribution is 0.101. The monoisotopic (exact) mass is 351 g/mol. The van der Waals surface area contributed by atoms with Gasteiger partial charge in [-0.3, -0.25) is 4.79 Å². The minimum absolute atomic E-state index is 0.0621. The first-order valence-corrected chi connectivity index (χ1v) is 8.59. The molecule has 0 amide bonds. The van der Waals surface area contributed by atoms with Crippen LogP contribution >= 0.6 is 0 Å². The average Bonchev–Trinajstić information content (AvgIpc) is 3.01. The fourth-order valence-electron chi connectivity index (χ4n) is 3.00. The highest BCUT2D eigenvalue weighted by Gasteiger charge is 2.14. The van der Waals surface area contributed by atoms with Crippen molar-refractivity contribution in [2.75, 3.05) is 0 Å². The van der Waals surface area contributed by atoms with Crippen molar-refractivity contribution in [2.24, 2.45) is 0 Å². The molecule has 1 N–H and O–H groups in total. The van der Waals surface area contributed by atoms with Crippen LogP contribution in [-0.4, -0.2) is 15.6 Å². The Morgan fingerprint density at radius 3 is 2.73 bits per heavy atom. The lowest BCUT2D eigenvalue weighted by atomic mass is 10.1. The Morgan fingerprint density at radius 1 is 1.23 bits per heavy atom. The first-order valence-electron chi connectivity index (χ1n) is 8.59. The molecule has 0 aliphatic rings. The summed E-state index contributed by atoms with van der Waals surface area (Å²) in [7, 11) is 0. The standard InChI is InChI=1S/C21H22FN3O/c1-14(23-12-17-6-4-7-18(10-17)16(3)26)21-13-24-25(15(21)2)20-9-5-8-19(22)11-20/h4-11,13-14,23H,12H2,1-3H3/t14-/m1/s1. The molecule has 26 heavy (non-hydrogen) atoms. The van der Waals surface area contributed by atoms with Gasteiger partial charge in [-0.25, -0.2) is 9.07 Å². The van der Waals surface area contributed by atoms with E-state index >= 15 is 0 Å². The molecule has 0 saturated heterocycles. The minimum atomic E-state index is -0.282. The second-order valence-electron chi connectivity index (χ2n) is 6.44. The van der Waals surface area contributed by atoms with Gasteiger partial charge in [-0.05, 0) is 50.6 Å². The summed E-state index contributed by atoms with van der Waals surface area (Å²) in [5.74, 6) is -0.220. The molecule has 1 aromatic heterocycles. The average molecular weight is 351 g/mol. The molecule has 0 bridgehead atoms. The molecule has 3 rings (SSSR count). The number of nitrogens with one attached hydrogen (secondary N) is 1. The summed E-state index contributed by atoms with van der Waals surface area (Å²) in [5.41, 5.74) is 4.49. The molecule has 4 nitrogen and oxygen atoms in total. The summed E-state index contributed by atoms with van der Waals surface area (Å²) in [6.45, 7) is 6.25. The molecule has 0 spiro atoms. The van der Waals surface area contributed by atoms with E-state index in [9.17, 15) is 9.18 Å². The number of nitrogens with zero attached hydrogens (tertiary/aromatic N) is 2. The van der Waals surface area contributed by atoms with Gasteiger partial charge in [0, 0.05) is 29.4 Å². The van der Waals surface area contributed by atoms with E-state index in [0.717, 1.165) is 16.8 Å². The molecule has 0 fully saturated rings. The quantitative estimate of drug-likeness (QED) is 0.671. The van der Waals surface area contributed by atoms with Crippen molar-refractivity contribution < 1.29 is 9.18 Å². The molecule has 0 saturated carbocycles. The summed E-state index contributed by atoms with van der Waals surface area (Å²) in [5, 5.41) is 7.87. The van der Waals surface area contributed by atoms with Gasteiger partial charge < -0.3 is 5.32 Å². The number of benzene rings is 2. The Hall–Kier alpha value is -2.79. The van der Waals surface area contributed by atoms with Gasteiger partial charge in [0.25, 0.3) is 0 Å². The van der Waals surface area contributed by atoms with Gasteiger partial charge >= 0.3 is 0 Å². The van der Waals surface area contributed by atoms with E-state index in [-0.39, 0.29) is 17.6 Å². The Balaban J connectivity index is 1.74. The third-order valence-corrected chi connectivity index (χ3v) is 4.51. The van der Waals surface area contributed by atoms with Crippen molar-refractivity contribution >= 4 is 5.78 Å². The highest BCUT2D eigenvalue weighted by Crippen LogP contribution is 2.21. The molecule has 0 aliphatic carbocycles. The molecule has 0 radical (unpaired) electrons. The number of Topliss-reactive ketones (excluding diaryl/α,β-unsaturated/α-hetero) is 1.